The number of methoxy groups -OCH3 is 1. The Morgan fingerprint density at radius 1 is 1.28 bits per heavy atom. The fraction of sp³-hybridized carbons (Fsp3) is 0.321. The molecule has 1 fully saturated rings. The number of H-pyrrole nitrogens is 1. The molecule has 0 spiro atoms. The first-order valence-electron chi connectivity index (χ1n) is 12.1. The number of halogens is 1. The van der Waals surface area contributed by atoms with Gasteiger partial charge in [0, 0.05) is 46.4 Å². The number of carbonyl (C=O) groups excluding carboxylic acids is 1. The summed E-state index contributed by atoms with van der Waals surface area (Å²) in [6.07, 6.45) is 4.22. The molecular formula is C28H29FN4O3. The number of hydrogen-bond acceptors (Lipinski definition) is 5. The number of carbonyl (C=O) groups is 1. The number of aromatic nitrogens is 3. The smallest absolute Gasteiger partial charge is 0.251 e. The van der Waals surface area contributed by atoms with Gasteiger partial charge in [0.1, 0.15) is 17.3 Å². The molecule has 1 aliphatic carbocycles. The third-order valence-corrected chi connectivity index (χ3v) is 6.95. The monoisotopic (exact) mass is 488 g/mol. The van der Waals surface area contributed by atoms with Crippen LogP contribution in [0, 0.1) is 12.7 Å². The maximum Gasteiger partial charge on any atom is 0.251 e. The van der Waals surface area contributed by atoms with Gasteiger partial charge in [0.15, 0.2) is 0 Å². The number of rotatable bonds is 6. The second-order valence-electron chi connectivity index (χ2n) is 9.61. The van der Waals surface area contributed by atoms with Crippen LogP contribution in [0.2, 0.25) is 0 Å². The van der Waals surface area contributed by atoms with E-state index in [4.69, 9.17) is 4.74 Å². The van der Waals surface area contributed by atoms with Crippen molar-refractivity contribution in [2.45, 2.75) is 50.7 Å². The van der Waals surface area contributed by atoms with Gasteiger partial charge in [-0.05, 0) is 75.1 Å². The average Bonchev–Trinajstić information content (AvgIpc) is 3.28. The Morgan fingerprint density at radius 3 is 2.94 bits per heavy atom. The summed E-state index contributed by atoms with van der Waals surface area (Å²) >= 11 is 0. The van der Waals surface area contributed by atoms with Crippen molar-refractivity contribution in [1.82, 2.24) is 20.5 Å². The van der Waals surface area contributed by atoms with Gasteiger partial charge in [-0.1, -0.05) is 6.07 Å². The molecule has 2 heterocycles. The van der Waals surface area contributed by atoms with Crippen LogP contribution in [0.3, 0.4) is 0 Å². The van der Waals surface area contributed by atoms with Gasteiger partial charge in [-0.25, -0.2) is 4.39 Å². The molecule has 0 unspecified atom stereocenters. The molecule has 4 aromatic rings. The van der Waals surface area contributed by atoms with Crippen molar-refractivity contribution in [3.63, 3.8) is 0 Å². The number of ether oxygens (including phenoxy) is 1. The van der Waals surface area contributed by atoms with Crippen molar-refractivity contribution in [2.75, 3.05) is 7.11 Å². The molecule has 8 heteroatoms. The zero-order valence-electron chi connectivity index (χ0n) is 20.3. The van der Waals surface area contributed by atoms with Gasteiger partial charge in [-0.3, -0.25) is 14.9 Å². The summed E-state index contributed by atoms with van der Waals surface area (Å²) in [5, 5.41) is 22.7. The van der Waals surface area contributed by atoms with Gasteiger partial charge in [-0.15, -0.1) is 0 Å². The summed E-state index contributed by atoms with van der Waals surface area (Å²) in [5.74, 6) is -0.196. The summed E-state index contributed by atoms with van der Waals surface area (Å²) in [6.45, 7) is 1.92. The molecule has 2 aromatic heterocycles. The summed E-state index contributed by atoms with van der Waals surface area (Å²) in [7, 11) is 1.49. The average molecular weight is 489 g/mol. The highest BCUT2D eigenvalue weighted by atomic mass is 19.1. The van der Waals surface area contributed by atoms with Crippen molar-refractivity contribution in [2.24, 2.45) is 0 Å². The number of pyridine rings is 1. The highest BCUT2D eigenvalue weighted by Crippen LogP contribution is 2.35. The number of amides is 1. The zero-order valence-corrected chi connectivity index (χ0v) is 20.3. The number of aryl methyl sites for hydroxylation is 1. The van der Waals surface area contributed by atoms with E-state index in [9.17, 15) is 14.3 Å². The van der Waals surface area contributed by atoms with E-state index in [1.54, 1.807) is 24.4 Å². The molecule has 7 nitrogen and oxygen atoms in total. The number of nitrogens with one attached hydrogen (secondary N) is 2. The van der Waals surface area contributed by atoms with Gasteiger partial charge >= 0.3 is 0 Å². The van der Waals surface area contributed by atoms with Gasteiger partial charge in [-0.2, -0.15) is 5.10 Å². The van der Waals surface area contributed by atoms with Gasteiger partial charge in [0.2, 0.25) is 0 Å². The van der Waals surface area contributed by atoms with E-state index >= 15 is 0 Å². The number of aliphatic hydroxyl groups is 1. The maximum atomic E-state index is 14.5. The molecule has 2 atom stereocenters. The first-order valence-corrected chi connectivity index (χ1v) is 12.1. The maximum absolute atomic E-state index is 14.5. The molecule has 3 N–H and O–H groups in total. The van der Waals surface area contributed by atoms with E-state index in [1.807, 2.05) is 31.2 Å². The number of fused-ring (bicyclic) bond motifs is 1. The Hall–Kier alpha value is -3.78. The van der Waals surface area contributed by atoms with Crippen molar-refractivity contribution < 1.29 is 19.0 Å². The molecular weight excluding hydrogens is 459 g/mol. The molecule has 2 aromatic carbocycles. The van der Waals surface area contributed by atoms with Crippen LogP contribution in [0.25, 0.3) is 22.2 Å². The van der Waals surface area contributed by atoms with Crippen LogP contribution >= 0.6 is 0 Å². The van der Waals surface area contributed by atoms with Crippen molar-refractivity contribution in [1.29, 1.82) is 0 Å². The molecule has 0 radical (unpaired) electrons. The predicted octanol–water partition coefficient (Wildman–Crippen LogP) is 4.73. The quantitative estimate of drug-likeness (QED) is 0.364. The molecule has 0 saturated heterocycles. The normalized spacial score (nSPS) is 19.8. The Balaban J connectivity index is 1.33. The van der Waals surface area contributed by atoms with Crippen molar-refractivity contribution in [3.05, 3.63) is 77.4 Å². The van der Waals surface area contributed by atoms with Crippen LogP contribution < -0.4 is 10.1 Å². The van der Waals surface area contributed by atoms with E-state index in [0.29, 0.717) is 29.7 Å². The molecule has 1 saturated carbocycles. The van der Waals surface area contributed by atoms with Crippen LogP contribution in [0.1, 0.15) is 47.3 Å². The summed E-state index contributed by atoms with van der Waals surface area (Å²) in [6, 6.07) is 13.7. The minimum atomic E-state index is -1.13. The SMILES string of the molecule is COc1cccc(F)c1C[C@@]1(O)CCC[C@@H](NC(=O)c2ccc3[nH]nc(-c4ccnc(C)c4)c3c2)C1. The Morgan fingerprint density at radius 2 is 2.14 bits per heavy atom. The lowest BCUT2D eigenvalue weighted by Crippen LogP contribution is -2.47. The van der Waals surface area contributed by atoms with E-state index in [1.165, 1.54) is 13.2 Å². The highest BCUT2D eigenvalue weighted by molar-refractivity contribution is 6.01. The molecule has 36 heavy (non-hydrogen) atoms. The third-order valence-electron chi connectivity index (χ3n) is 6.95. The van der Waals surface area contributed by atoms with Crippen LogP contribution in [0.15, 0.2) is 54.7 Å². The second kappa shape index (κ2) is 9.70. The summed E-state index contributed by atoms with van der Waals surface area (Å²) < 4.78 is 19.8. The molecule has 5 rings (SSSR count). The summed E-state index contributed by atoms with van der Waals surface area (Å²) in [5.41, 5.74) is 3.15. The highest BCUT2D eigenvalue weighted by Gasteiger charge is 2.36. The Labute approximate surface area is 208 Å². The van der Waals surface area contributed by atoms with E-state index in [2.05, 4.69) is 20.5 Å². The van der Waals surface area contributed by atoms with Crippen molar-refractivity contribution >= 4 is 16.8 Å². The topological polar surface area (TPSA) is 100 Å². The Kier molecular flexibility index (Phi) is 6.45. The first kappa shape index (κ1) is 23.9. The first-order chi connectivity index (χ1) is 17.3. The van der Waals surface area contributed by atoms with E-state index in [0.717, 1.165) is 40.7 Å². The fourth-order valence-electron chi connectivity index (χ4n) is 5.19. The molecule has 186 valence electrons. The number of hydrogen-bond donors (Lipinski definition) is 3. The minimum Gasteiger partial charge on any atom is -0.496 e. The zero-order chi connectivity index (χ0) is 25.3. The van der Waals surface area contributed by atoms with E-state index in [-0.39, 0.29) is 18.4 Å². The predicted molar refractivity (Wildman–Crippen MR) is 135 cm³/mol. The van der Waals surface area contributed by atoms with Crippen LogP contribution in [0.5, 0.6) is 5.75 Å². The third kappa shape index (κ3) is 4.81. The Bertz CT molecular complexity index is 1420. The number of aromatic amines is 1. The number of nitrogens with zero attached hydrogens (tertiary/aromatic N) is 2. The van der Waals surface area contributed by atoms with Crippen LogP contribution in [0.4, 0.5) is 4.39 Å². The lowest BCUT2D eigenvalue weighted by molar-refractivity contribution is -0.00728. The standard InChI is InChI=1S/C28H29FN4O3/c1-17-13-18(10-12-30-17)26-21-14-19(8-9-24(21)32-33-26)27(34)31-20-5-4-11-28(35,15-20)16-22-23(29)6-3-7-25(22)36-2/h3,6-10,12-14,20,35H,4-5,11,15-16H2,1-2H3,(H,31,34)(H,32,33)/t20-,28-/m1/s1. The number of benzene rings is 2. The second-order valence-corrected chi connectivity index (χ2v) is 9.61. The van der Waals surface area contributed by atoms with Gasteiger partial charge < -0.3 is 15.2 Å². The largest absolute Gasteiger partial charge is 0.496 e. The fourth-order valence-corrected chi connectivity index (χ4v) is 5.19. The molecule has 0 bridgehead atoms. The minimum absolute atomic E-state index is 0.130. The summed E-state index contributed by atoms with van der Waals surface area (Å²) in [4.78, 5) is 17.4. The molecule has 0 aliphatic heterocycles. The molecule has 1 aliphatic rings. The van der Waals surface area contributed by atoms with Crippen LogP contribution in [-0.4, -0.2) is 44.9 Å². The lowest BCUT2D eigenvalue weighted by atomic mass is 9.77. The van der Waals surface area contributed by atoms with Gasteiger partial charge in [0.25, 0.3) is 5.91 Å². The van der Waals surface area contributed by atoms with Gasteiger partial charge in [0.05, 0.1) is 18.2 Å². The lowest BCUT2D eigenvalue weighted by Gasteiger charge is -2.37. The van der Waals surface area contributed by atoms with E-state index < -0.39 is 11.4 Å². The van der Waals surface area contributed by atoms with Crippen molar-refractivity contribution in [3.8, 4) is 17.0 Å². The van der Waals surface area contributed by atoms with Crippen LogP contribution in [-0.2, 0) is 6.42 Å². The molecule has 1 amide bonds.